The highest BCUT2D eigenvalue weighted by Gasteiger charge is 2.46. The molecule has 2 aromatic carbocycles. The van der Waals surface area contributed by atoms with Crippen LogP contribution < -0.4 is 14.5 Å². The Morgan fingerprint density at radius 3 is 2.74 bits per heavy atom. The van der Waals surface area contributed by atoms with Crippen molar-refractivity contribution < 1.29 is 18.3 Å². The SMILES string of the molecule is [C-]#[N+]C[C@H]1CN(c2nc(OCC3(CN(C)C)CC(F)C3)nc3c2CCN(c2cccc4ccc(F)c(Cl)c24)C3)CCN1C(=O)C=C. The zero-order chi connectivity index (χ0) is 32.6. The Balaban J connectivity index is 1.35. The van der Waals surface area contributed by atoms with Gasteiger partial charge in [0.05, 0.1) is 23.9 Å². The first kappa shape index (κ1) is 32.0. The molecule has 2 fully saturated rings. The van der Waals surface area contributed by atoms with Crippen molar-refractivity contribution in [2.75, 3.05) is 69.8 Å². The Morgan fingerprint density at radius 2 is 2.02 bits per heavy atom. The Hall–Kier alpha value is -4.01. The van der Waals surface area contributed by atoms with Gasteiger partial charge in [-0.25, -0.2) is 15.4 Å². The van der Waals surface area contributed by atoms with Gasteiger partial charge in [0.1, 0.15) is 23.8 Å². The van der Waals surface area contributed by atoms with Crippen molar-refractivity contribution in [3.05, 3.63) is 76.5 Å². The summed E-state index contributed by atoms with van der Waals surface area (Å²) in [5.41, 5.74) is 2.25. The molecule has 1 aliphatic carbocycles. The highest BCUT2D eigenvalue weighted by Crippen LogP contribution is 2.44. The second-order valence-corrected chi connectivity index (χ2v) is 13.2. The van der Waals surface area contributed by atoms with Crippen LogP contribution in [0.4, 0.5) is 20.3 Å². The van der Waals surface area contributed by atoms with Gasteiger partial charge in [0, 0.05) is 54.8 Å². The van der Waals surface area contributed by atoms with Crippen LogP contribution in [0.2, 0.25) is 5.02 Å². The topological polar surface area (TPSA) is 69.4 Å². The number of hydrogen-bond donors (Lipinski definition) is 0. The predicted molar refractivity (Wildman–Crippen MR) is 176 cm³/mol. The summed E-state index contributed by atoms with van der Waals surface area (Å²) >= 11 is 6.50. The van der Waals surface area contributed by atoms with Crippen molar-refractivity contribution >= 4 is 39.8 Å². The molecule has 12 heteroatoms. The molecule has 0 spiro atoms. The zero-order valence-corrected chi connectivity index (χ0v) is 26.9. The van der Waals surface area contributed by atoms with Crippen molar-refractivity contribution in [1.82, 2.24) is 19.8 Å². The van der Waals surface area contributed by atoms with Gasteiger partial charge >= 0.3 is 6.01 Å². The third-order valence-electron chi connectivity index (χ3n) is 9.29. The minimum atomic E-state index is -0.844. The number of anilines is 2. The fraction of sp³-hybridized carbons (Fsp3) is 0.471. The maximum absolute atomic E-state index is 14.6. The number of alkyl halides is 1. The van der Waals surface area contributed by atoms with Crippen molar-refractivity contribution in [1.29, 1.82) is 0 Å². The summed E-state index contributed by atoms with van der Waals surface area (Å²) in [6.45, 7) is 14.7. The van der Waals surface area contributed by atoms with Gasteiger partial charge in [0.25, 0.3) is 0 Å². The Bertz CT molecular complexity index is 1690. The van der Waals surface area contributed by atoms with Crippen LogP contribution in [0.25, 0.3) is 15.6 Å². The number of amides is 1. The van der Waals surface area contributed by atoms with Gasteiger partial charge in [0.15, 0.2) is 0 Å². The van der Waals surface area contributed by atoms with Crippen molar-refractivity contribution in [3.8, 4) is 6.01 Å². The molecule has 9 nitrogen and oxygen atoms in total. The number of carbonyl (C=O) groups is 1. The molecule has 1 saturated heterocycles. The standard InChI is InChI=1S/C34H38ClF2N7O2/c1-5-29(45)44-14-13-43(18-24(44)17-38-2)32-25-11-12-42(28-8-6-7-22-9-10-26(37)31(35)30(22)28)19-27(25)39-33(40-32)46-21-34(20-41(3)4)15-23(36)16-34/h5-10,23-24H,1,11-21H2,3-4H3/t23?,24-,34?/m0/s1. The van der Waals surface area contributed by atoms with Gasteiger partial charge in [-0.05, 0) is 57.0 Å². The van der Waals surface area contributed by atoms with Gasteiger partial charge in [-0.15, -0.1) is 0 Å². The lowest BCUT2D eigenvalue weighted by atomic mass is 9.67. The Kier molecular flexibility index (Phi) is 9.03. The lowest BCUT2D eigenvalue weighted by Gasteiger charge is -2.45. The summed E-state index contributed by atoms with van der Waals surface area (Å²) in [5.74, 6) is 0.0576. The molecule has 46 heavy (non-hydrogen) atoms. The average Bonchev–Trinajstić information content (AvgIpc) is 3.03. The van der Waals surface area contributed by atoms with E-state index in [1.165, 1.54) is 12.1 Å². The maximum atomic E-state index is 14.6. The molecule has 3 heterocycles. The summed E-state index contributed by atoms with van der Waals surface area (Å²) in [5, 5.41) is 1.58. The van der Waals surface area contributed by atoms with Crippen LogP contribution >= 0.6 is 11.6 Å². The second kappa shape index (κ2) is 13.0. The molecule has 1 amide bonds. The fourth-order valence-corrected chi connectivity index (χ4v) is 7.52. The first-order valence-electron chi connectivity index (χ1n) is 15.6. The van der Waals surface area contributed by atoms with E-state index >= 15 is 0 Å². The van der Waals surface area contributed by atoms with E-state index < -0.39 is 12.0 Å². The van der Waals surface area contributed by atoms with E-state index in [9.17, 15) is 13.6 Å². The highest BCUT2D eigenvalue weighted by atomic mass is 35.5. The Labute approximate surface area is 273 Å². The molecular formula is C34H38ClF2N7O2. The first-order valence-corrected chi connectivity index (χ1v) is 15.9. The highest BCUT2D eigenvalue weighted by molar-refractivity contribution is 6.36. The number of nitrogens with zero attached hydrogens (tertiary/aromatic N) is 7. The molecule has 242 valence electrons. The van der Waals surface area contributed by atoms with E-state index in [1.807, 2.05) is 37.2 Å². The van der Waals surface area contributed by atoms with Crippen LogP contribution in [0.3, 0.4) is 0 Å². The van der Waals surface area contributed by atoms with Gasteiger partial charge in [-0.1, -0.05) is 36.4 Å². The summed E-state index contributed by atoms with van der Waals surface area (Å²) < 4.78 is 35.0. The van der Waals surface area contributed by atoms with E-state index in [1.54, 1.807) is 11.0 Å². The predicted octanol–water partition coefficient (Wildman–Crippen LogP) is 5.17. The maximum Gasteiger partial charge on any atom is 0.318 e. The lowest BCUT2D eigenvalue weighted by molar-refractivity contribution is -0.128. The molecular weight excluding hydrogens is 612 g/mol. The smallest absolute Gasteiger partial charge is 0.318 e. The third-order valence-corrected chi connectivity index (χ3v) is 9.66. The average molecular weight is 650 g/mol. The van der Waals surface area contributed by atoms with E-state index in [4.69, 9.17) is 32.9 Å². The summed E-state index contributed by atoms with van der Waals surface area (Å²) in [6, 6.07) is 8.79. The number of rotatable bonds is 9. The molecule has 1 atom stereocenters. The minimum absolute atomic E-state index is 0.0851. The summed E-state index contributed by atoms with van der Waals surface area (Å²) in [6.07, 6.45) is 1.90. The molecule has 1 aromatic heterocycles. The van der Waals surface area contributed by atoms with Crippen molar-refractivity contribution in [2.24, 2.45) is 5.41 Å². The normalized spacial score (nSPS) is 22.8. The van der Waals surface area contributed by atoms with Crippen LogP contribution in [0.15, 0.2) is 43.0 Å². The first-order chi connectivity index (χ1) is 22.1. The van der Waals surface area contributed by atoms with Gasteiger partial charge in [-0.3, -0.25) is 4.79 Å². The number of aromatic nitrogens is 2. The number of hydrogen-bond acceptors (Lipinski definition) is 7. The number of benzene rings is 2. The van der Waals surface area contributed by atoms with E-state index in [-0.39, 0.29) is 41.5 Å². The fourth-order valence-electron chi connectivity index (χ4n) is 7.25. The van der Waals surface area contributed by atoms with E-state index in [2.05, 4.69) is 21.2 Å². The quantitative estimate of drug-likeness (QED) is 0.234. The lowest BCUT2D eigenvalue weighted by Crippen LogP contribution is -2.56. The van der Waals surface area contributed by atoms with Crippen LogP contribution in [0.1, 0.15) is 24.1 Å². The van der Waals surface area contributed by atoms with Gasteiger partial charge in [0.2, 0.25) is 12.5 Å². The van der Waals surface area contributed by atoms with Crippen molar-refractivity contribution in [3.63, 3.8) is 0 Å². The second-order valence-electron chi connectivity index (χ2n) is 12.9. The van der Waals surface area contributed by atoms with Gasteiger partial charge in [-0.2, -0.15) is 9.97 Å². The molecule has 3 aliphatic rings. The molecule has 2 aliphatic heterocycles. The number of piperazine rings is 1. The molecule has 6 rings (SSSR count). The third kappa shape index (κ3) is 6.20. The van der Waals surface area contributed by atoms with E-state index in [0.29, 0.717) is 63.9 Å². The number of ether oxygens (including phenoxy) is 1. The molecule has 3 aromatic rings. The largest absolute Gasteiger partial charge is 0.463 e. The van der Waals surface area contributed by atoms with Crippen LogP contribution in [-0.2, 0) is 17.8 Å². The van der Waals surface area contributed by atoms with Crippen LogP contribution in [0, 0.1) is 17.8 Å². The van der Waals surface area contributed by atoms with Crippen LogP contribution in [-0.4, -0.2) is 97.9 Å². The summed E-state index contributed by atoms with van der Waals surface area (Å²) in [7, 11) is 3.94. The molecule has 0 unspecified atom stereocenters. The number of fused-ring (bicyclic) bond motifs is 2. The van der Waals surface area contributed by atoms with Crippen LogP contribution in [0.5, 0.6) is 6.01 Å². The zero-order valence-electron chi connectivity index (χ0n) is 26.2. The monoisotopic (exact) mass is 649 g/mol. The molecule has 1 saturated carbocycles. The van der Waals surface area contributed by atoms with Gasteiger partial charge < -0.3 is 29.2 Å². The van der Waals surface area contributed by atoms with E-state index in [0.717, 1.165) is 28.1 Å². The van der Waals surface area contributed by atoms with Crippen molar-refractivity contribution in [2.45, 2.75) is 38.0 Å². The Morgan fingerprint density at radius 1 is 1.22 bits per heavy atom. The minimum Gasteiger partial charge on any atom is -0.463 e. The number of carbonyl (C=O) groups excluding carboxylic acids is 1. The molecule has 0 radical (unpaired) electrons. The molecule has 0 bridgehead atoms. The number of halogens is 3. The summed E-state index contributed by atoms with van der Waals surface area (Å²) in [4.78, 5) is 34.0. The molecule has 0 N–H and O–H groups in total.